The summed E-state index contributed by atoms with van der Waals surface area (Å²) in [6, 6.07) is 7.69. The number of nitrogens with one attached hydrogen (secondary N) is 1. The molecule has 0 saturated heterocycles. The van der Waals surface area contributed by atoms with Crippen LogP contribution >= 0.6 is 24.8 Å². The Morgan fingerprint density at radius 3 is 2.50 bits per heavy atom. The van der Waals surface area contributed by atoms with E-state index in [0.717, 1.165) is 10.9 Å². The van der Waals surface area contributed by atoms with Crippen LogP contribution in [0.25, 0.3) is 10.9 Å². The van der Waals surface area contributed by atoms with E-state index < -0.39 is 10.0 Å². The van der Waals surface area contributed by atoms with Crippen molar-refractivity contribution in [2.75, 3.05) is 38.3 Å². The third-order valence-electron chi connectivity index (χ3n) is 3.30. The monoisotopic (exact) mass is 395 g/mol. The van der Waals surface area contributed by atoms with Crippen molar-refractivity contribution < 1.29 is 8.42 Å². The Bertz CT molecular complexity index is 758. The van der Waals surface area contributed by atoms with Crippen molar-refractivity contribution in [2.24, 2.45) is 5.73 Å². The summed E-state index contributed by atoms with van der Waals surface area (Å²) in [6.07, 6.45) is 1.79. The number of benzene rings is 1. The lowest BCUT2D eigenvalue weighted by Gasteiger charge is -2.15. The zero-order valence-electron chi connectivity index (χ0n) is 13.6. The third kappa shape index (κ3) is 6.03. The summed E-state index contributed by atoms with van der Waals surface area (Å²) in [4.78, 5) is 8.95. The van der Waals surface area contributed by atoms with E-state index in [1.165, 1.54) is 10.6 Å². The zero-order chi connectivity index (χ0) is 16.2. The van der Waals surface area contributed by atoms with E-state index in [0.29, 0.717) is 37.7 Å². The van der Waals surface area contributed by atoms with Crippen LogP contribution in [0.3, 0.4) is 0 Å². The molecular weight excluding hydrogens is 373 g/mol. The molecule has 0 unspecified atom stereocenters. The Hall–Kier alpha value is -1.19. The molecule has 1 aromatic carbocycles. The second-order valence-electron chi connectivity index (χ2n) is 5.06. The number of para-hydroxylation sites is 1. The Balaban J connectivity index is 0.00000264. The van der Waals surface area contributed by atoms with Crippen LogP contribution < -0.4 is 11.1 Å². The summed E-state index contributed by atoms with van der Waals surface area (Å²) < 4.78 is 24.1. The molecule has 0 aliphatic carbocycles. The molecular formula is C14H23Cl2N5O2S. The van der Waals surface area contributed by atoms with E-state index in [-0.39, 0.29) is 24.8 Å². The lowest BCUT2D eigenvalue weighted by Crippen LogP contribution is -2.30. The molecule has 24 heavy (non-hydrogen) atoms. The second kappa shape index (κ2) is 9.95. The van der Waals surface area contributed by atoms with Crippen molar-refractivity contribution in [1.82, 2.24) is 14.3 Å². The number of fused-ring (bicyclic) bond motifs is 1. The number of hydrogen-bond donors (Lipinski definition) is 2. The Kier molecular flexibility index (Phi) is 9.46. The van der Waals surface area contributed by atoms with Gasteiger partial charge in [0.05, 0.1) is 11.8 Å². The summed E-state index contributed by atoms with van der Waals surface area (Å²) in [5.74, 6) is 1.39. The fourth-order valence-electron chi connectivity index (χ4n) is 2.00. The summed E-state index contributed by atoms with van der Waals surface area (Å²) in [5, 5.41) is 4.10. The summed E-state index contributed by atoms with van der Waals surface area (Å²) >= 11 is 0. The topological polar surface area (TPSA) is 101 Å². The second-order valence-corrected chi connectivity index (χ2v) is 7.14. The van der Waals surface area contributed by atoms with Gasteiger partial charge >= 0.3 is 0 Å². The number of halogens is 2. The molecule has 1 aromatic heterocycles. The maximum atomic E-state index is 11.4. The molecule has 1 heterocycles. The highest BCUT2D eigenvalue weighted by molar-refractivity contribution is 7.88. The predicted octanol–water partition coefficient (Wildman–Crippen LogP) is 1.28. The van der Waals surface area contributed by atoms with Gasteiger partial charge in [0.2, 0.25) is 10.0 Å². The van der Waals surface area contributed by atoms with Crippen LogP contribution in [-0.2, 0) is 16.4 Å². The van der Waals surface area contributed by atoms with Gasteiger partial charge in [0, 0.05) is 31.9 Å². The van der Waals surface area contributed by atoms with Gasteiger partial charge in [0.1, 0.15) is 11.6 Å². The predicted molar refractivity (Wildman–Crippen MR) is 103 cm³/mol. The average molecular weight is 396 g/mol. The van der Waals surface area contributed by atoms with Gasteiger partial charge < -0.3 is 11.1 Å². The van der Waals surface area contributed by atoms with Crippen molar-refractivity contribution >= 4 is 51.6 Å². The Morgan fingerprint density at radius 1 is 1.21 bits per heavy atom. The normalized spacial score (nSPS) is 11.0. The van der Waals surface area contributed by atoms with Crippen LogP contribution in [0.2, 0.25) is 0 Å². The smallest absolute Gasteiger partial charge is 0.211 e. The van der Waals surface area contributed by atoms with Crippen molar-refractivity contribution in [2.45, 2.75) is 6.42 Å². The molecule has 7 nitrogen and oxygen atoms in total. The quantitative estimate of drug-likeness (QED) is 0.731. The van der Waals surface area contributed by atoms with E-state index in [1.807, 2.05) is 24.3 Å². The zero-order valence-corrected chi connectivity index (χ0v) is 16.0. The molecule has 0 bridgehead atoms. The number of aromatic nitrogens is 2. The van der Waals surface area contributed by atoms with Gasteiger partial charge in [-0.3, -0.25) is 0 Å². The van der Waals surface area contributed by atoms with Gasteiger partial charge in [-0.2, -0.15) is 0 Å². The maximum absolute atomic E-state index is 11.4. The number of sulfonamides is 1. The van der Waals surface area contributed by atoms with E-state index >= 15 is 0 Å². The standard InChI is InChI=1S/C14H21N5O2S.2ClH/c1-19(22(2,20)21)10-9-16-14-11-5-3-4-6-12(11)17-13(18-14)7-8-15;;/h3-6H,7-10,15H2,1-2H3,(H,16,17,18);2*1H. The molecule has 0 amide bonds. The van der Waals surface area contributed by atoms with E-state index in [2.05, 4.69) is 15.3 Å². The lowest BCUT2D eigenvalue weighted by molar-refractivity contribution is 0.486. The number of anilines is 1. The lowest BCUT2D eigenvalue weighted by atomic mass is 10.2. The highest BCUT2D eigenvalue weighted by Crippen LogP contribution is 2.20. The first-order chi connectivity index (χ1) is 10.4. The molecule has 0 saturated carbocycles. The van der Waals surface area contributed by atoms with Crippen molar-refractivity contribution in [3.8, 4) is 0 Å². The van der Waals surface area contributed by atoms with Gasteiger partial charge in [-0.15, -0.1) is 24.8 Å². The number of nitrogens with zero attached hydrogens (tertiary/aromatic N) is 3. The molecule has 0 aliphatic heterocycles. The summed E-state index contributed by atoms with van der Waals surface area (Å²) in [5.41, 5.74) is 6.42. The highest BCUT2D eigenvalue weighted by Gasteiger charge is 2.11. The van der Waals surface area contributed by atoms with Crippen LogP contribution in [0.4, 0.5) is 5.82 Å². The minimum atomic E-state index is -3.17. The molecule has 3 N–H and O–H groups in total. The molecule has 0 spiro atoms. The fourth-order valence-corrected chi connectivity index (χ4v) is 2.42. The Morgan fingerprint density at radius 2 is 1.88 bits per heavy atom. The van der Waals surface area contributed by atoms with Gasteiger partial charge in [-0.05, 0) is 18.7 Å². The minimum absolute atomic E-state index is 0. The van der Waals surface area contributed by atoms with Gasteiger partial charge in [-0.25, -0.2) is 22.7 Å². The van der Waals surface area contributed by atoms with Crippen LogP contribution in [0, 0.1) is 0 Å². The van der Waals surface area contributed by atoms with Crippen molar-refractivity contribution in [3.63, 3.8) is 0 Å². The van der Waals surface area contributed by atoms with E-state index in [4.69, 9.17) is 5.73 Å². The first-order valence-electron chi connectivity index (χ1n) is 7.02. The van der Waals surface area contributed by atoms with E-state index in [9.17, 15) is 8.42 Å². The number of likely N-dealkylation sites (N-methyl/N-ethyl adjacent to an activating group) is 1. The molecule has 0 radical (unpaired) electrons. The third-order valence-corrected chi connectivity index (χ3v) is 4.62. The summed E-state index contributed by atoms with van der Waals surface area (Å²) in [7, 11) is -1.62. The van der Waals surface area contributed by atoms with Crippen LogP contribution in [-0.4, -0.2) is 55.6 Å². The SMILES string of the molecule is CN(CCNc1nc(CCN)nc2ccccc12)S(C)(=O)=O.Cl.Cl. The molecule has 10 heteroatoms. The van der Waals surface area contributed by atoms with E-state index in [1.54, 1.807) is 7.05 Å². The molecule has 0 atom stereocenters. The average Bonchev–Trinajstić information content (AvgIpc) is 2.46. The molecule has 0 fully saturated rings. The van der Waals surface area contributed by atoms with Gasteiger partial charge in [0.25, 0.3) is 0 Å². The first kappa shape index (κ1) is 22.8. The fraction of sp³-hybridized carbons (Fsp3) is 0.429. The van der Waals surface area contributed by atoms with Crippen LogP contribution in [0.1, 0.15) is 5.82 Å². The molecule has 2 rings (SSSR count). The molecule has 2 aromatic rings. The highest BCUT2D eigenvalue weighted by atomic mass is 35.5. The van der Waals surface area contributed by atoms with Gasteiger partial charge in [0.15, 0.2) is 0 Å². The number of hydrogen-bond acceptors (Lipinski definition) is 6. The number of rotatable bonds is 7. The van der Waals surface area contributed by atoms with Crippen LogP contribution in [0.15, 0.2) is 24.3 Å². The number of nitrogens with two attached hydrogens (primary N) is 1. The van der Waals surface area contributed by atoms with Crippen molar-refractivity contribution in [3.05, 3.63) is 30.1 Å². The first-order valence-corrected chi connectivity index (χ1v) is 8.87. The molecule has 136 valence electrons. The Labute approximate surface area is 154 Å². The minimum Gasteiger partial charge on any atom is -0.368 e. The maximum Gasteiger partial charge on any atom is 0.211 e. The summed E-state index contributed by atoms with van der Waals surface area (Å²) in [6.45, 7) is 1.31. The van der Waals surface area contributed by atoms with Gasteiger partial charge in [-0.1, -0.05) is 12.1 Å². The molecule has 0 aliphatic rings. The van der Waals surface area contributed by atoms with Crippen molar-refractivity contribution in [1.29, 1.82) is 0 Å². The largest absolute Gasteiger partial charge is 0.368 e. The van der Waals surface area contributed by atoms with Crippen LogP contribution in [0.5, 0.6) is 0 Å².